The maximum Gasteiger partial charge on any atom is 0.514 e. The van der Waals surface area contributed by atoms with Gasteiger partial charge in [-0.25, -0.2) is 9.59 Å². The Morgan fingerprint density at radius 2 is 1.68 bits per heavy atom. The second kappa shape index (κ2) is 9.83. The Kier molecular flexibility index (Phi) is 7.47. The molecule has 8 nitrogen and oxygen atoms in total. The molecule has 0 aromatic heterocycles. The van der Waals surface area contributed by atoms with Crippen LogP contribution >= 0.6 is 0 Å². The fourth-order valence-electron chi connectivity index (χ4n) is 6.17. The van der Waals surface area contributed by atoms with Crippen LogP contribution in [-0.4, -0.2) is 48.8 Å². The van der Waals surface area contributed by atoms with E-state index in [-0.39, 0.29) is 29.4 Å². The third-order valence-electron chi connectivity index (χ3n) is 8.12. The zero-order valence-corrected chi connectivity index (χ0v) is 24.6. The number of ether oxygens (including phenoxy) is 4. The largest absolute Gasteiger partial charge is 0.514 e. The predicted octanol–water partition coefficient (Wildman–Crippen LogP) is 5.43. The minimum Gasteiger partial charge on any atom is -0.456 e. The fourth-order valence-corrected chi connectivity index (χ4v) is 6.17. The van der Waals surface area contributed by atoms with E-state index < -0.39 is 36.0 Å². The van der Waals surface area contributed by atoms with Gasteiger partial charge in [-0.1, -0.05) is 26.0 Å². The van der Waals surface area contributed by atoms with Crippen molar-refractivity contribution in [3.63, 3.8) is 0 Å². The van der Waals surface area contributed by atoms with Gasteiger partial charge in [-0.15, -0.1) is 0 Å². The molecule has 210 valence electrons. The topological polar surface area (TPSA) is 89.5 Å². The van der Waals surface area contributed by atoms with Gasteiger partial charge in [0.1, 0.15) is 22.5 Å². The Bertz CT molecular complexity index is 1090. The van der Waals surface area contributed by atoms with E-state index in [4.69, 9.17) is 28.3 Å². The van der Waals surface area contributed by atoms with Crippen molar-refractivity contribution in [2.45, 2.75) is 112 Å². The Hall–Kier alpha value is -2.10. The maximum atomic E-state index is 13.6. The summed E-state index contributed by atoms with van der Waals surface area (Å²) < 4.78 is 35.8. The van der Waals surface area contributed by atoms with Gasteiger partial charge in [0.2, 0.25) is 0 Å². The van der Waals surface area contributed by atoms with Crippen LogP contribution < -0.4 is 10.2 Å². The van der Waals surface area contributed by atoms with E-state index in [0.29, 0.717) is 29.5 Å². The van der Waals surface area contributed by atoms with Crippen molar-refractivity contribution < 1.29 is 37.8 Å². The normalized spacial score (nSPS) is 27.8. The Morgan fingerprint density at radius 3 is 2.26 bits per heavy atom. The van der Waals surface area contributed by atoms with Crippen LogP contribution in [0.1, 0.15) is 98.0 Å². The summed E-state index contributed by atoms with van der Waals surface area (Å²) in [7, 11) is -0.820. The number of rotatable bonds is 6. The van der Waals surface area contributed by atoms with E-state index in [1.807, 2.05) is 6.92 Å². The lowest BCUT2D eigenvalue weighted by Gasteiger charge is -2.64. The number of esters is 1. The van der Waals surface area contributed by atoms with Crippen LogP contribution in [0.3, 0.4) is 0 Å². The van der Waals surface area contributed by atoms with E-state index in [1.165, 1.54) is 0 Å². The first-order chi connectivity index (χ1) is 17.5. The molecule has 9 heteroatoms. The van der Waals surface area contributed by atoms with Crippen molar-refractivity contribution in [3.05, 3.63) is 23.3 Å². The van der Waals surface area contributed by atoms with E-state index in [1.54, 1.807) is 53.7 Å². The minimum absolute atomic E-state index is 0.0181. The third-order valence-corrected chi connectivity index (χ3v) is 8.12. The summed E-state index contributed by atoms with van der Waals surface area (Å²) in [6.07, 6.45) is 0.988. The first kappa shape index (κ1) is 28.9. The van der Waals surface area contributed by atoms with Gasteiger partial charge in [-0.05, 0) is 91.0 Å². The fraction of sp³-hybridized carbons (Fsp3) is 0.724. The van der Waals surface area contributed by atoms with Crippen LogP contribution in [-0.2, 0) is 30.1 Å². The zero-order valence-electron chi connectivity index (χ0n) is 24.6. The molecule has 1 aromatic rings. The smallest absolute Gasteiger partial charge is 0.456 e. The van der Waals surface area contributed by atoms with Crippen LogP contribution in [0.5, 0.6) is 5.75 Å². The van der Waals surface area contributed by atoms with Gasteiger partial charge in [-0.3, -0.25) is 0 Å². The van der Waals surface area contributed by atoms with Crippen molar-refractivity contribution in [3.8, 4) is 5.75 Å². The van der Waals surface area contributed by atoms with Crippen molar-refractivity contribution in [1.82, 2.24) is 0 Å². The zero-order chi connectivity index (χ0) is 28.3. The molecule has 3 aliphatic carbocycles. The van der Waals surface area contributed by atoms with E-state index in [9.17, 15) is 9.59 Å². The molecule has 1 aromatic carbocycles. The summed E-state index contributed by atoms with van der Waals surface area (Å²) >= 11 is 0. The summed E-state index contributed by atoms with van der Waals surface area (Å²) in [5, 5.41) is 0. The van der Waals surface area contributed by atoms with Crippen LogP contribution in [0.4, 0.5) is 4.79 Å². The van der Waals surface area contributed by atoms with Gasteiger partial charge < -0.3 is 28.3 Å². The Morgan fingerprint density at radius 1 is 1.03 bits per heavy atom. The predicted molar refractivity (Wildman–Crippen MR) is 144 cm³/mol. The molecule has 1 aliphatic heterocycles. The molecule has 0 radical (unpaired) electrons. The molecule has 1 unspecified atom stereocenters. The molecule has 4 atom stereocenters. The number of hydrogen-bond acceptors (Lipinski definition) is 8. The highest BCUT2D eigenvalue weighted by Crippen LogP contribution is 2.65. The molecule has 2 bridgehead atoms. The molecule has 0 amide bonds. The quantitative estimate of drug-likeness (QED) is 0.273. The Labute approximate surface area is 227 Å². The van der Waals surface area contributed by atoms with Crippen LogP contribution in [0.15, 0.2) is 12.1 Å². The second-order valence-electron chi connectivity index (χ2n) is 13.5. The second-order valence-corrected chi connectivity index (χ2v) is 13.5. The molecule has 1 heterocycles. The molecular formula is C29H43BO8. The molecule has 3 saturated carbocycles. The highest BCUT2D eigenvalue weighted by molar-refractivity contribution is 6.63. The molecule has 4 fully saturated rings. The van der Waals surface area contributed by atoms with Gasteiger partial charge in [-0.2, -0.15) is 0 Å². The molecule has 1 saturated heterocycles. The van der Waals surface area contributed by atoms with Gasteiger partial charge in [0.15, 0.2) is 0 Å². The van der Waals surface area contributed by atoms with Crippen molar-refractivity contribution >= 4 is 24.7 Å². The van der Waals surface area contributed by atoms with E-state index in [0.717, 1.165) is 12.8 Å². The summed E-state index contributed by atoms with van der Waals surface area (Å²) in [6.45, 7) is 19.8. The standard InChI is InChI=1S/C29H43BO8/c1-11-33-16-17-12-13-19(30-37-21-15-18-14-20(28(18,8)9)29(21,10)38-30)23(34-25(32)36-27(5,6)7)22(17)24(31)35-26(2,3)4/h12-13,18,20-21H,11,14-16H2,1-10H3/t18-,20-,21?,29+/m1/s1. The van der Waals surface area contributed by atoms with Crippen molar-refractivity contribution in [2.24, 2.45) is 17.3 Å². The summed E-state index contributed by atoms with van der Waals surface area (Å²) in [5.41, 5.74) is -0.787. The van der Waals surface area contributed by atoms with Crippen LogP contribution in [0.2, 0.25) is 0 Å². The van der Waals surface area contributed by atoms with E-state index >= 15 is 0 Å². The molecular weight excluding hydrogens is 487 g/mol. The lowest BCUT2D eigenvalue weighted by Crippen LogP contribution is -2.65. The van der Waals surface area contributed by atoms with Crippen LogP contribution in [0, 0.1) is 17.3 Å². The molecule has 0 spiro atoms. The average Bonchev–Trinajstić information content (AvgIpc) is 3.11. The first-order valence-electron chi connectivity index (χ1n) is 13.7. The summed E-state index contributed by atoms with van der Waals surface area (Å²) in [4.78, 5) is 26.5. The van der Waals surface area contributed by atoms with Crippen molar-refractivity contribution in [1.29, 1.82) is 0 Å². The SMILES string of the molecule is CCOCc1ccc(B2OC3C[C@H]4C[C@H](C4(C)C)[C@]3(C)O2)c(OC(=O)OC(C)(C)C)c1C(=O)OC(C)(C)C. The highest BCUT2D eigenvalue weighted by Gasteiger charge is 2.68. The Balaban J connectivity index is 1.78. The summed E-state index contributed by atoms with van der Waals surface area (Å²) in [6, 6.07) is 3.57. The van der Waals surface area contributed by atoms with Gasteiger partial charge in [0, 0.05) is 12.1 Å². The molecule has 5 rings (SSSR count). The lowest BCUT2D eigenvalue weighted by molar-refractivity contribution is -0.199. The van der Waals surface area contributed by atoms with Crippen LogP contribution in [0.25, 0.3) is 0 Å². The summed E-state index contributed by atoms with van der Waals surface area (Å²) in [5.74, 6) is 0.319. The van der Waals surface area contributed by atoms with Gasteiger partial charge in [0.05, 0.1) is 18.3 Å². The average molecular weight is 530 g/mol. The van der Waals surface area contributed by atoms with Crippen molar-refractivity contribution in [2.75, 3.05) is 6.61 Å². The van der Waals surface area contributed by atoms with Gasteiger partial charge >= 0.3 is 19.2 Å². The molecule has 4 aliphatic rings. The lowest BCUT2D eigenvalue weighted by atomic mass is 9.43. The number of hydrogen-bond donors (Lipinski definition) is 0. The number of carbonyl (C=O) groups excluding carboxylic acids is 2. The number of benzene rings is 1. The highest BCUT2D eigenvalue weighted by atomic mass is 16.7. The number of carbonyl (C=O) groups is 2. The third kappa shape index (κ3) is 5.47. The molecule has 0 N–H and O–H groups in total. The first-order valence-corrected chi connectivity index (χ1v) is 13.7. The monoisotopic (exact) mass is 530 g/mol. The van der Waals surface area contributed by atoms with E-state index in [2.05, 4.69) is 20.8 Å². The van der Waals surface area contributed by atoms with Gasteiger partial charge in [0.25, 0.3) is 0 Å². The molecule has 38 heavy (non-hydrogen) atoms. The minimum atomic E-state index is -0.929. The maximum absolute atomic E-state index is 13.6.